The van der Waals surface area contributed by atoms with E-state index in [-0.39, 0.29) is 24.3 Å². The molecule has 2 N–H and O–H groups in total. The van der Waals surface area contributed by atoms with Gasteiger partial charge in [0.05, 0.1) is 24.4 Å². The number of piperazine rings is 1. The lowest BCUT2D eigenvalue weighted by molar-refractivity contribution is -0.134. The molecule has 1 fully saturated rings. The Morgan fingerprint density at radius 2 is 2.31 bits per heavy atom. The van der Waals surface area contributed by atoms with E-state index in [1.807, 2.05) is 13.1 Å². The molecule has 0 bridgehead atoms. The first-order valence-corrected chi connectivity index (χ1v) is 9.84. The standard InChI is InChI=1S/C17H26N6O2S/c1-11(2)9-22-7-6-19-16(25)14(22)8-15(24)18-5-4-13-10-23-17(20-13)26-12(3)21-23/h10-11,14H,4-9H2,1-3H3,(H,18,24)(H,19,25)/t14-/m0/s1. The van der Waals surface area contributed by atoms with Crippen LogP contribution in [0.2, 0.25) is 0 Å². The molecular formula is C17H26N6O2S. The first-order chi connectivity index (χ1) is 12.4. The minimum atomic E-state index is -0.378. The molecule has 0 radical (unpaired) electrons. The Balaban J connectivity index is 1.49. The summed E-state index contributed by atoms with van der Waals surface area (Å²) in [5, 5.41) is 11.1. The quantitative estimate of drug-likeness (QED) is 0.736. The van der Waals surface area contributed by atoms with E-state index >= 15 is 0 Å². The molecule has 1 aliphatic rings. The first-order valence-electron chi connectivity index (χ1n) is 9.02. The molecule has 142 valence electrons. The van der Waals surface area contributed by atoms with Crippen LogP contribution in [-0.4, -0.2) is 63.5 Å². The summed E-state index contributed by atoms with van der Waals surface area (Å²) in [7, 11) is 0. The van der Waals surface area contributed by atoms with Crippen molar-refractivity contribution in [3.63, 3.8) is 0 Å². The molecule has 3 rings (SSSR count). The summed E-state index contributed by atoms with van der Waals surface area (Å²) in [5.74, 6) is 0.303. The summed E-state index contributed by atoms with van der Waals surface area (Å²) in [5.41, 5.74) is 0.904. The molecule has 9 heteroatoms. The number of nitrogens with zero attached hydrogens (tertiary/aromatic N) is 4. The van der Waals surface area contributed by atoms with Crippen LogP contribution in [-0.2, 0) is 16.0 Å². The maximum atomic E-state index is 12.3. The second kappa shape index (κ2) is 8.13. The van der Waals surface area contributed by atoms with Gasteiger partial charge in [0, 0.05) is 32.6 Å². The molecule has 0 aromatic carbocycles. The van der Waals surface area contributed by atoms with Crippen LogP contribution in [0.3, 0.4) is 0 Å². The molecule has 2 aromatic rings. The minimum Gasteiger partial charge on any atom is -0.356 e. The molecule has 2 amide bonds. The Hall–Kier alpha value is -2.00. The first kappa shape index (κ1) is 18.8. The molecule has 0 unspecified atom stereocenters. The lowest BCUT2D eigenvalue weighted by atomic mass is 10.1. The van der Waals surface area contributed by atoms with Gasteiger partial charge >= 0.3 is 0 Å². The summed E-state index contributed by atoms with van der Waals surface area (Å²) >= 11 is 1.54. The number of rotatable bonds is 7. The van der Waals surface area contributed by atoms with E-state index in [1.54, 1.807) is 15.9 Å². The third-order valence-corrected chi connectivity index (χ3v) is 5.16. The number of imidazole rings is 1. The Bertz CT molecular complexity index is 752. The zero-order valence-electron chi connectivity index (χ0n) is 15.5. The van der Waals surface area contributed by atoms with Crippen LogP contribution in [0.1, 0.15) is 31.0 Å². The highest BCUT2D eigenvalue weighted by Gasteiger charge is 2.31. The number of aryl methyl sites for hydroxylation is 1. The van der Waals surface area contributed by atoms with Crippen LogP contribution in [0.25, 0.3) is 4.96 Å². The Kier molecular flexibility index (Phi) is 5.87. The van der Waals surface area contributed by atoms with Crippen molar-refractivity contribution in [3.05, 3.63) is 16.9 Å². The number of amides is 2. The van der Waals surface area contributed by atoms with Crippen molar-refractivity contribution < 1.29 is 9.59 Å². The number of nitrogens with one attached hydrogen (secondary N) is 2. The van der Waals surface area contributed by atoms with E-state index in [2.05, 4.69) is 39.5 Å². The number of hydrogen-bond donors (Lipinski definition) is 2. The third kappa shape index (κ3) is 4.59. The van der Waals surface area contributed by atoms with Gasteiger partial charge in [-0.1, -0.05) is 25.2 Å². The topological polar surface area (TPSA) is 91.6 Å². The fraction of sp³-hybridized carbons (Fsp3) is 0.647. The summed E-state index contributed by atoms with van der Waals surface area (Å²) in [6.45, 7) is 8.95. The Labute approximate surface area is 157 Å². The van der Waals surface area contributed by atoms with Gasteiger partial charge in [0.15, 0.2) is 0 Å². The second-order valence-electron chi connectivity index (χ2n) is 7.08. The summed E-state index contributed by atoms with van der Waals surface area (Å²) < 4.78 is 1.77. The van der Waals surface area contributed by atoms with Crippen molar-refractivity contribution in [2.75, 3.05) is 26.2 Å². The fourth-order valence-electron chi connectivity index (χ4n) is 3.21. The highest BCUT2D eigenvalue weighted by atomic mass is 32.1. The minimum absolute atomic E-state index is 0.0529. The fourth-order valence-corrected chi connectivity index (χ4v) is 3.96. The van der Waals surface area contributed by atoms with Crippen LogP contribution >= 0.6 is 11.3 Å². The molecule has 3 heterocycles. The predicted octanol–water partition coefficient (Wildman–Crippen LogP) is 0.604. The van der Waals surface area contributed by atoms with E-state index in [4.69, 9.17) is 0 Å². The maximum Gasteiger partial charge on any atom is 0.237 e. The third-order valence-electron chi connectivity index (χ3n) is 4.32. The van der Waals surface area contributed by atoms with Gasteiger partial charge in [0.25, 0.3) is 0 Å². The van der Waals surface area contributed by atoms with Gasteiger partial charge in [-0.15, -0.1) is 0 Å². The van der Waals surface area contributed by atoms with Crippen molar-refractivity contribution in [3.8, 4) is 0 Å². The Morgan fingerprint density at radius 1 is 1.50 bits per heavy atom. The zero-order valence-corrected chi connectivity index (χ0v) is 16.3. The van der Waals surface area contributed by atoms with Gasteiger partial charge in [0.1, 0.15) is 5.01 Å². The van der Waals surface area contributed by atoms with Crippen molar-refractivity contribution in [1.29, 1.82) is 0 Å². The summed E-state index contributed by atoms with van der Waals surface area (Å²) in [6.07, 6.45) is 2.73. The van der Waals surface area contributed by atoms with Gasteiger partial charge in [-0.2, -0.15) is 5.10 Å². The van der Waals surface area contributed by atoms with Crippen LogP contribution in [0, 0.1) is 12.8 Å². The van der Waals surface area contributed by atoms with Gasteiger partial charge < -0.3 is 10.6 Å². The van der Waals surface area contributed by atoms with Crippen LogP contribution in [0.15, 0.2) is 6.20 Å². The number of fused-ring (bicyclic) bond motifs is 1. The highest BCUT2D eigenvalue weighted by Crippen LogP contribution is 2.14. The van der Waals surface area contributed by atoms with Crippen molar-refractivity contribution >= 4 is 28.1 Å². The predicted molar refractivity (Wildman–Crippen MR) is 100 cm³/mol. The molecule has 1 atom stereocenters. The van der Waals surface area contributed by atoms with Crippen molar-refractivity contribution in [2.24, 2.45) is 5.92 Å². The molecule has 0 aliphatic carbocycles. The SMILES string of the molecule is Cc1nn2cc(CCNC(=O)C[C@H]3C(=O)NCCN3CC(C)C)nc2s1. The highest BCUT2D eigenvalue weighted by molar-refractivity contribution is 7.16. The van der Waals surface area contributed by atoms with E-state index < -0.39 is 0 Å². The van der Waals surface area contributed by atoms with Crippen LogP contribution < -0.4 is 10.6 Å². The molecule has 8 nitrogen and oxygen atoms in total. The maximum absolute atomic E-state index is 12.3. The normalized spacial score (nSPS) is 18.5. The van der Waals surface area contributed by atoms with Gasteiger partial charge in [-0.3, -0.25) is 14.5 Å². The summed E-state index contributed by atoms with van der Waals surface area (Å²) in [6, 6.07) is -0.378. The van der Waals surface area contributed by atoms with E-state index in [0.717, 1.165) is 28.8 Å². The molecule has 2 aromatic heterocycles. The number of carbonyl (C=O) groups excluding carboxylic acids is 2. The van der Waals surface area contributed by atoms with E-state index in [0.29, 0.717) is 25.4 Å². The number of aromatic nitrogens is 3. The number of carbonyl (C=O) groups is 2. The molecule has 26 heavy (non-hydrogen) atoms. The smallest absolute Gasteiger partial charge is 0.237 e. The largest absolute Gasteiger partial charge is 0.356 e. The van der Waals surface area contributed by atoms with Gasteiger partial charge in [0.2, 0.25) is 16.8 Å². The molecule has 1 saturated heterocycles. The number of hydrogen-bond acceptors (Lipinski definition) is 6. The van der Waals surface area contributed by atoms with E-state index in [9.17, 15) is 9.59 Å². The lowest BCUT2D eigenvalue weighted by Gasteiger charge is -2.35. The molecule has 0 saturated carbocycles. The van der Waals surface area contributed by atoms with Crippen LogP contribution in [0.4, 0.5) is 0 Å². The average Bonchev–Trinajstić information content (AvgIpc) is 3.07. The average molecular weight is 379 g/mol. The monoisotopic (exact) mass is 378 g/mol. The van der Waals surface area contributed by atoms with Gasteiger partial charge in [-0.05, 0) is 12.8 Å². The molecule has 0 spiro atoms. The lowest BCUT2D eigenvalue weighted by Crippen LogP contribution is -2.57. The van der Waals surface area contributed by atoms with Crippen molar-refractivity contribution in [2.45, 2.75) is 39.7 Å². The summed E-state index contributed by atoms with van der Waals surface area (Å²) in [4.78, 5) is 31.9. The second-order valence-corrected chi connectivity index (χ2v) is 8.24. The Morgan fingerprint density at radius 3 is 3.04 bits per heavy atom. The molecular weight excluding hydrogens is 352 g/mol. The van der Waals surface area contributed by atoms with Crippen molar-refractivity contribution in [1.82, 2.24) is 30.1 Å². The van der Waals surface area contributed by atoms with Gasteiger partial charge in [-0.25, -0.2) is 9.50 Å². The van der Waals surface area contributed by atoms with E-state index in [1.165, 1.54) is 0 Å². The van der Waals surface area contributed by atoms with Crippen LogP contribution in [0.5, 0.6) is 0 Å². The molecule has 1 aliphatic heterocycles. The zero-order chi connectivity index (χ0) is 18.7.